The Labute approximate surface area is 219 Å². The number of benzene rings is 2. The van der Waals surface area contributed by atoms with Crippen LogP contribution < -0.4 is 0 Å². The molecule has 0 saturated heterocycles. The van der Waals surface area contributed by atoms with E-state index in [4.69, 9.17) is 25.8 Å². The Bertz CT molecular complexity index is 1160. The fourth-order valence-electron chi connectivity index (χ4n) is 2.61. The van der Waals surface area contributed by atoms with Gasteiger partial charge >= 0.3 is 0 Å². The number of azide groups is 2. The summed E-state index contributed by atoms with van der Waals surface area (Å²) in [5.41, 5.74) is 19.2. The van der Waals surface area contributed by atoms with E-state index < -0.39 is 12.0 Å². The Kier molecular flexibility index (Phi) is 14.2. The monoisotopic (exact) mass is 526 g/mol. The molecule has 1 unspecified atom stereocenters. The molecule has 1 atom stereocenters. The summed E-state index contributed by atoms with van der Waals surface area (Å²) in [4.78, 5) is 49.6. The third kappa shape index (κ3) is 13.0. The summed E-state index contributed by atoms with van der Waals surface area (Å²) in [7, 11) is 2.96. The van der Waals surface area contributed by atoms with Gasteiger partial charge in [0, 0.05) is 35.3 Å². The molecule has 0 spiro atoms. The molecule has 0 aliphatic rings. The number of Topliss-reactive ketones (excluding diaryl/α,β-unsaturated/α-hetero) is 1. The Morgan fingerprint density at radius 1 is 0.842 bits per heavy atom. The summed E-state index contributed by atoms with van der Waals surface area (Å²) in [5, 5.41) is 18.1. The van der Waals surface area contributed by atoms with Crippen molar-refractivity contribution in [2.24, 2.45) is 10.2 Å². The van der Waals surface area contributed by atoms with Crippen LogP contribution in [0.2, 0.25) is 0 Å². The van der Waals surface area contributed by atoms with Crippen molar-refractivity contribution in [3.63, 3.8) is 0 Å². The number of aliphatic hydroxyl groups is 1. The highest BCUT2D eigenvalue weighted by molar-refractivity contribution is 5.96. The van der Waals surface area contributed by atoms with Crippen LogP contribution >= 0.6 is 0 Å². The van der Waals surface area contributed by atoms with E-state index in [1.165, 1.54) is 21.0 Å². The van der Waals surface area contributed by atoms with Gasteiger partial charge in [-0.1, -0.05) is 58.8 Å². The first-order valence-corrected chi connectivity index (χ1v) is 11.3. The predicted molar refractivity (Wildman–Crippen MR) is 137 cm³/mol. The van der Waals surface area contributed by atoms with Gasteiger partial charge in [-0.15, -0.1) is 0 Å². The maximum Gasteiger partial charge on any atom is 0.253 e. The van der Waals surface area contributed by atoms with Crippen LogP contribution in [0.25, 0.3) is 20.9 Å². The zero-order chi connectivity index (χ0) is 28.5. The molecule has 2 aromatic rings. The largest absolute Gasteiger partial charge is 0.393 e. The Morgan fingerprint density at radius 2 is 1.24 bits per heavy atom. The maximum absolute atomic E-state index is 11.5. The molecule has 1 N–H and O–H groups in total. The third-order valence-corrected chi connectivity index (χ3v) is 4.62. The van der Waals surface area contributed by atoms with Crippen molar-refractivity contribution in [3.05, 3.63) is 80.5 Å². The third-order valence-electron chi connectivity index (χ3n) is 4.62. The molecule has 38 heavy (non-hydrogen) atoms. The quantitative estimate of drug-likeness (QED) is 0.136. The van der Waals surface area contributed by atoms with Crippen molar-refractivity contribution in [2.45, 2.75) is 46.0 Å². The normalized spacial score (nSPS) is 10.6. The van der Waals surface area contributed by atoms with Crippen LogP contribution in [0.15, 0.2) is 58.8 Å². The lowest BCUT2D eigenvalue weighted by atomic mass is 10.2. The van der Waals surface area contributed by atoms with Crippen LogP contribution in [-0.4, -0.2) is 53.0 Å². The molecule has 0 aliphatic heterocycles. The fraction of sp³-hybridized carbons (Fsp3) is 0.375. The first-order chi connectivity index (χ1) is 18.0. The summed E-state index contributed by atoms with van der Waals surface area (Å²) in [6, 6.07) is 13.6. The molecule has 0 saturated carbocycles. The molecule has 14 nitrogen and oxygen atoms in total. The van der Waals surface area contributed by atoms with Gasteiger partial charge in [0.25, 0.3) is 5.91 Å². The van der Waals surface area contributed by atoms with Crippen molar-refractivity contribution in [1.82, 2.24) is 10.1 Å². The van der Waals surface area contributed by atoms with Crippen LogP contribution in [0.4, 0.5) is 11.4 Å². The van der Waals surface area contributed by atoms with E-state index in [2.05, 4.69) is 20.1 Å². The second-order valence-corrected chi connectivity index (χ2v) is 7.97. The number of carbonyl (C=O) groups is 3. The Hall–Kier alpha value is -4.45. The van der Waals surface area contributed by atoms with Crippen LogP contribution in [-0.2, 0) is 37.3 Å². The van der Waals surface area contributed by atoms with Gasteiger partial charge in [-0.2, -0.15) is 0 Å². The summed E-state index contributed by atoms with van der Waals surface area (Å²) < 4.78 is 0. The smallest absolute Gasteiger partial charge is 0.253 e. The van der Waals surface area contributed by atoms with Gasteiger partial charge in [-0.25, -0.2) is 10.1 Å². The van der Waals surface area contributed by atoms with Crippen LogP contribution in [0, 0.1) is 0 Å². The SMILES string of the molecule is CC(=O)CC(=O)N(C)OCc1ccc(N=[N+]=[N-])cc1.CC(O)CC(=O)N(C)OCc1ccc(N=[N+]=[N-])cc1. The highest BCUT2D eigenvalue weighted by Gasteiger charge is 2.13. The molecule has 0 fully saturated rings. The summed E-state index contributed by atoms with van der Waals surface area (Å²) >= 11 is 0. The van der Waals surface area contributed by atoms with E-state index in [0.717, 1.165) is 21.3 Å². The number of carbonyl (C=O) groups excluding carboxylic acids is 3. The van der Waals surface area contributed by atoms with Gasteiger partial charge in [-0.3, -0.25) is 24.1 Å². The lowest BCUT2D eigenvalue weighted by molar-refractivity contribution is -0.184. The molecule has 2 rings (SSSR count). The molecular formula is C24H30N8O6. The first-order valence-electron chi connectivity index (χ1n) is 11.3. The van der Waals surface area contributed by atoms with Gasteiger partial charge in [0.05, 0.1) is 18.9 Å². The van der Waals surface area contributed by atoms with E-state index in [1.807, 2.05) is 0 Å². The number of hydrogen-bond donors (Lipinski definition) is 1. The van der Waals surface area contributed by atoms with Crippen molar-refractivity contribution < 1.29 is 29.2 Å². The van der Waals surface area contributed by atoms with Gasteiger partial charge in [0.1, 0.15) is 19.0 Å². The number of hydroxylamine groups is 4. The maximum atomic E-state index is 11.5. The molecule has 0 aromatic heterocycles. The van der Waals surface area contributed by atoms with E-state index in [9.17, 15) is 14.4 Å². The van der Waals surface area contributed by atoms with Gasteiger partial charge in [0.2, 0.25) is 5.91 Å². The number of ketones is 1. The highest BCUT2D eigenvalue weighted by atomic mass is 16.7. The summed E-state index contributed by atoms with van der Waals surface area (Å²) in [6.45, 7) is 3.30. The molecule has 0 bridgehead atoms. The average Bonchev–Trinajstić information content (AvgIpc) is 2.87. The molecular weight excluding hydrogens is 496 g/mol. The molecule has 0 radical (unpaired) electrons. The Morgan fingerprint density at radius 3 is 1.58 bits per heavy atom. The Balaban J connectivity index is 0.000000380. The first kappa shape index (κ1) is 31.6. The lowest BCUT2D eigenvalue weighted by Crippen LogP contribution is -2.29. The minimum Gasteiger partial charge on any atom is -0.393 e. The molecule has 14 heteroatoms. The van der Waals surface area contributed by atoms with Crippen LogP contribution in [0.5, 0.6) is 0 Å². The number of amides is 2. The fourth-order valence-corrected chi connectivity index (χ4v) is 2.61. The molecule has 0 aliphatic carbocycles. The minimum absolute atomic E-state index is 0.0202. The van der Waals surface area contributed by atoms with E-state index >= 15 is 0 Å². The summed E-state index contributed by atoms with van der Waals surface area (Å²) in [5.74, 6) is -0.891. The van der Waals surface area contributed by atoms with E-state index in [1.54, 1.807) is 55.5 Å². The van der Waals surface area contributed by atoms with Gasteiger partial charge in [0.15, 0.2) is 0 Å². The lowest BCUT2D eigenvalue weighted by Gasteiger charge is -2.17. The van der Waals surface area contributed by atoms with Gasteiger partial charge in [-0.05, 0) is 36.0 Å². The van der Waals surface area contributed by atoms with Crippen LogP contribution in [0.1, 0.15) is 37.8 Å². The highest BCUT2D eigenvalue weighted by Crippen LogP contribution is 2.15. The predicted octanol–water partition coefficient (Wildman–Crippen LogP) is 4.79. The zero-order valence-corrected chi connectivity index (χ0v) is 21.6. The second kappa shape index (κ2) is 17.1. The molecule has 2 aromatic carbocycles. The number of nitrogens with zero attached hydrogens (tertiary/aromatic N) is 8. The number of aliphatic hydroxyl groups excluding tert-OH is 1. The van der Waals surface area contributed by atoms with Crippen LogP contribution in [0.3, 0.4) is 0 Å². The van der Waals surface area contributed by atoms with Crippen molar-refractivity contribution >= 4 is 29.0 Å². The topological polar surface area (TPSA) is 194 Å². The summed E-state index contributed by atoms with van der Waals surface area (Å²) in [6.07, 6.45) is -0.847. The molecule has 2 amide bonds. The van der Waals surface area contributed by atoms with E-state index in [-0.39, 0.29) is 37.7 Å². The van der Waals surface area contributed by atoms with Crippen molar-refractivity contribution in [2.75, 3.05) is 14.1 Å². The van der Waals surface area contributed by atoms with Gasteiger partial charge < -0.3 is 5.11 Å². The molecule has 0 heterocycles. The standard InChI is InChI=1S/C12H16N4O3.C12H14N4O3/c2*1-9(17)7-12(18)16(2)19-8-10-3-5-11(6-4-10)14-15-13/h3-6,9,17H,7-8H2,1-2H3;3-6H,7-8H2,1-2H3. The zero-order valence-electron chi connectivity index (χ0n) is 21.6. The minimum atomic E-state index is -0.693. The van der Waals surface area contributed by atoms with E-state index in [0.29, 0.717) is 11.4 Å². The van der Waals surface area contributed by atoms with Crippen molar-refractivity contribution in [3.8, 4) is 0 Å². The average molecular weight is 527 g/mol. The van der Waals surface area contributed by atoms with Crippen molar-refractivity contribution in [1.29, 1.82) is 0 Å². The number of rotatable bonds is 12. The number of hydrogen-bond acceptors (Lipinski definition) is 8. The second-order valence-electron chi connectivity index (χ2n) is 7.97. The molecule has 202 valence electrons.